The van der Waals surface area contributed by atoms with E-state index in [0.29, 0.717) is 0 Å². The Balaban J connectivity index is 1.02. The van der Waals surface area contributed by atoms with Gasteiger partial charge < -0.3 is 19.6 Å². The quantitative estimate of drug-likeness (QED) is 0.154. The molecule has 2 aliphatic carbocycles. The first-order valence-corrected chi connectivity index (χ1v) is 28.6. The predicted molar refractivity (Wildman–Crippen MR) is 325 cm³/mol. The van der Waals surface area contributed by atoms with Gasteiger partial charge in [0, 0.05) is 67.7 Å². The van der Waals surface area contributed by atoms with Crippen LogP contribution in [0.1, 0.15) is 114 Å². The zero-order valence-corrected chi connectivity index (χ0v) is 45.3. The van der Waals surface area contributed by atoms with Crippen molar-refractivity contribution >= 4 is 80.0 Å². The molecular formula is C72H67BN4. The molecule has 4 unspecified atom stereocenters. The standard InChI is InChI=1S/C72H67BN4/c1-68(2,3)50-37-39-54(40-38-50)75-64-47-55(76-61-34-18-15-31-57(61)71(51-25-9-6-10-26-51)45-23-21-43-69(71,76)4)41-42-60(64)73-59-33-17-20-36-63(59)74(53-29-13-8-14-30-53)65-48-56(49-66(75)67(65)73)77-62-35-19-16-32-58(62)72(52-27-11-7-12-28-52)46-24-22-44-70(72,77)5/h6-20,25-42,47-49H,21-24,43-46H2,1-5H3. The van der Waals surface area contributed by atoms with E-state index in [-0.39, 0.29) is 34.0 Å². The van der Waals surface area contributed by atoms with Crippen molar-refractivity contribution in [3.05, 3.63) is 246 Å². The van der Waals surface area contributed by atoms with Crippen LogP contribution in [0.15, 0.2) is 218 Å². The lowest BCUT2D eigenvalue weighted by molar-refractivity contribution is 0.215. The molecule has 6 aliphatic rings. The molecule has 378 valence electrons. The van der Waals surface area contributed by atoms with E-state index in [0.717, 1.165) is 25.7 Å². The Morgan fingerprint density at radius 1 is 0.364 bits per heavy atom. The maximum atomic E-state index is 2.81. The Morgan fingerprint density at radius 3 is 1.34 bits per heavy atom. The lowest BCUT2D eigenvalue weighted by Crippen LogP contribution is -2.61. The van der Waals surface area contributed by atoms with Gasteiger partial charge in [-0.25, -0.2) is 0 Å². The fourth-order valence-corrected chi connectivity index (χ4v) is 16.7. The van der Waals surface area contributed by atoms with E-state index in [2.05, 4.69) is 273 Å². The van der Waals surface area contributed by atoms with Crippen LogP contribution in [0, 0.1) is 0 Å². The van der Waals surface area contributed by atoms with Crippen molar-refractivity contribution in [2.75, 3.05) is 19.6 Å². The monoisotopic (exact) mass is 999 g/mol. The molecule has 77 heavy (non-hydrogen) atoms. The molecule has 4 aliphatic heterocycles. The van der Waals surface area contributed by atoms with Crippen LogP contribution < -0.4 is 36.0 Å². The molecule has 4 nitrogen and oxygen atoms in total. The fourth-order valence-electron chi connectivity index (χ4n) is 16.7. The van der Waals surface area contributed by atoms with Crippen LogP contribution in [0.5, 0.6) is 0 Å². The molecule has 2 fully saturated rings. The number of fused-ring (bicyclic) bond motifs is 10. The summed E-state index contributed by atoms with van der Waals surface area (Å²) < 4.78 is 0. The number of para-hydroxylation sites is 4. The van der Waals surface area contributed by atoms with Gasteiger partial charge in [0.1, 0.15) is 0 Å². The van der Waals surface area contributed by atoms with Crippen molar-refractivity contribution in [1.82, 2.24) is 0 Å². The maximum absolute atomic E-state index is 2.81. The van der Waals surface area contributed by atoms with Crippen LogP contribution in [-0.4, -0.2) is 17.8 Å². The first kappa shape index (κ1) is 46.5. The second-order valence-electron chi connectivity index (χ2n) is 24.6. The van der Waals surface area contributed by atoms with Gasteiger partial charge in [-0.1, -0.05) is 198 Å². The lowest BCUT2D eigenvalue weighted by Gasteiger charge is -2.53. The summed E-state index contributed by atoms with van der Waals surface area (Å²) in [5, 5.41) is 0. The molecule has 15 rings (SSSR count). The fraction of sp³-hybridized carbons (Fsp3) is 0.250. The summed E-state index contributed by atoms with van der Waals surface area (Å²) in [7, 11) is 0. The topological polar surface area (TPSA) is 13.0 Å². The van der Waals surface area contributed by atoms with Crippen molar-refractivity contribution < 1.29 is 0 Å². The smallest absolute Gasteiger partial charge is 0.252 e. The first-order valence-electron chi connectivity index (χ1n) is 28.6. The van der Waals surface area contributed by atoms with E-state index in [9.17, 15) is 0 Å². The maximum Gasteiger partial charge on any atom is 0.252 e. The van der Waals surface area contributed by atoms with E-state index < -0.39 is 0 Å². The molecule has 0 spiro atoms. The number of hydrogen-bond donors (Lipinski definition) is 0. The zero-order valence-electron chi connectivity index (χ0n) is 45.3. The van der Waals surface area contributed by atoms with Crippen molar-refractivity contribution in [3.8, 4) is 0 Å². The third-order valence-electron chi connectivity index (χ3n) is 20.0. The van der Waals surface area contributed by atoms with Crippen molar-refractivity contribution in [2.45, 2.75) is 113 Å². The summed E-state index contributed by atoms with van der Waals surface area (Å²) in [6, 6.07) is 84.6. The SMILES string of the molecule is CC(C)(C)c1ccc(N2c3cc(N4c5ccccc5C5(c6ccccc6)CCCCC45C)ccc3B3c4ccccc4N(c4ccccc4)c4cc(N5c6ccccc6C6(c7ccccc7)CCCCC56C)cc2c43)cc1. The number of rotatable bonds is 6. The number of benzene rings is 9. The Morgan fingerprint density at radius 2 is 0.779 bits per heavy atom. The Kier molecular flexibility index (Phi) is 10.2. The highest BCUT2D eigenvalue weighted by Crippen LogP contribution is 2.66. The molecule has 0 saturated heterocycles. The molecule has 0 N–H and O–H groups in total. The van der Waals surface area contributed by atoms with Gasteiger partial charge in [0.2, 0.25) is 0 Å². The number of hydrogen-bond acceptors (Lipinski definition) is 4. The van der Waals surface area contributed by atoms with Crippen LogP contribution >= 0.6 is 0 Å². The van der Waals surface area contributed by atoms with E-state index in [1.165, 1.54) is 127 Å². The highest BCUT2D eigenvalue weighted by molar-refractivity contribution is 7.00. The second-order valence-corrected chi connectivity index (χ2v) is 24.6. The lowest BCUT2D eigenvalue weighted by atomic mass is 9.33. The van der Waals surface area contributed by atoms with Gasteiger partial charge >= 0.3 is 0 Å². The molecule has 4 atom stereocenters. The van der Waals surface area contributed by atoms with E-state index in [4.69, 9.17) is 0 Å². The molecular weight excluding hydrogens is 932 g/mol. The van der Waals surface area contributed by atoms with Gasteiger partial charge in [-0.15, -0.1) is 0 Å². The van der Waals surface area contributed by atoms with Gasteiger partial charge in [0.05, 0.1) is 11.1 Å². The second kappa shape index (κ2) is 16.9. The molecule has 5 heteroatoms. The minimum Gasteiger partial charge on any atom is -0.334 e. The van der Waals surface area contributed by atoms with Gasteiger partial charge in [0.25, 0.3) is 6.71 Å². The third kappa shape index (κ3) is 6.29. The van der Waals surface area contributed by atoms with Gasteiger partial charge in [-0.2, -0.15) is 0 Å². The third-order valence-corrected chi connectivity index (χ3v) is 20.0. The normalized spacial score (nSPS) is 23.6. The van der Waals surface area contributed by atoms with Gasteiger partial charge in [-0.3, -0.25) is 0 Å². The minimum atomic E-state index is -0.246. The molecule has 0 aromatic heterocycles. The van der Waals surface area contributed by atoms with Crippen LogP contribution in [0.2, 0.25) is 0 Å². The summed E-state index contributed by atoms with van der Waals surface area (Å²) >= 11 is 0. The largest absolute Gasteiger partial charge is 0.334 e. The summed E-state index contributed by atoms with van der Waals surface area (Å²) in [5.74, 6) is 0. The molecule has 9 aromatic carbocycles. The van der Waals surface area contributed by atoms with E-state index in [1.807, 2.05) is 0 Å². The highest BCUT2D eigenvalue weighted by atomic mass is 15.3. The molecule has 0 radical (unpaired) electrons. The van der Waals surface area contributed by atoms with Gasteiger partial charge in [-0.05, 0) is 156 Å². The molecule has 0 bridgehead atoms. The van der Waals surface area contributed by atoms with E-state index in [1.54, 1.807) is 0 Å². The zero-order chi connectivity index (χ0) is 51.9. The molecule has 4 heterocycles. The summed E-state index contributed by atoms with van der Waals surface area (Å²) in [6.45, 7) is 12.1. The van der Waals surface area contributed by atoms with E-state index >= 15 is 0 Å². The van der Waals surface area contributed by atoms with Crippen LogP contribution in [0.3, 0.4) is 0 Å². The Hall–Kier alpha value is -7.76. The summed E-state index contributed by atoms with van der Waals surface area (Å²) in [6.07, 6.45) is 9.22. The molecule has 0 amide bonds. The van der Waals surface area contributed by atoms with Gasteiger partial charge in [0.15, 0.2) is 0 Å². The Labute approximate surface area is 456 Å². The number of anilines is 10. The molecule has 2 saturated carbocycles. The van der Waals surface area contributed by atoms with Crippen molar-refractivity contribution in [2.24, 2.45) is 0 Å². The van der Waals surface area contributed by atoms with Crippen molar-refractivity contribution in [3.63, 3.8) is 0 Å². The minimum absolute atomic E-state index is 0.00322. The highest BCUT2D eigenvalue weighted by Gasteiger charge is 2.63. The predicted octanol–water partition coefficient (Wildman–Crippen LogP) is 16.6. The van der Waals surface area contributed by atoms with Crippen molar-refractivity contribution in [1.29, 1.82) is 0 Å². The number of nitrogens with zero attached hydrogens (tertiary/aromatic N) is 4. The summed E-state index contributed by atoms with van der Waals surface area (Å²) in [5.41, 5.74) is 22.7. The molecule has 9 aromatic rings. The summed E-state index contributed by atoms with van der Waals surface area (Å²) in [4.78, 5) is 10.9. The average molecular weight is 999 g/mol. The van der Waals surface area contributed by atoms with Crippen LogP contribution in [0.4, 0.5) is 56.9 Å². The Bertz CT molecular complexity index is 3780. The van der Waals surface area contributed by atoms with Crippen LogP contribution in [0.25, 0.3) is 0 Å². The average Bonchev–Trinajstić information content (AvgIpc) is 4.02. The first-order chi connectivity index (χ1) is 37.6. The van der Waals surface area contributed by atoms with Crippen LogP contribution in [-0.2, 0) is 16.2 Å².